The number of aromatic nitrogens is 2. The van der Waals surface area contributed by atoms with Gasteiger partial charge < -0.3 is 10.4 Å². The third-order valence-electron chi connectivity index (χ3n) is 3.64. The Kier molecular flexibility index (Phi) is 5.56. The average Bonchev–Trinajstić information content (AvgIpc) is 2.81. The Bertz CT molecular complexity index is 759. The van der Waals surface area contributed by atoms with Crippen LogP contribution < -0.4 is 5.32 Å². The number of hydrogen-bond donors (Lipinski definition) is 2. The Labute approximate surface area is 143 Å². The lowest BCUT2D eigenvalue weighted by atomic mass is 10.1. The number of carbonyl (C=O) groups is 2. The number of alkyl halides is 1. The van der Waals surface area contributed by atoms with Crippen LogP contribution in [0.2, 0.25) is 5.02 Å². The van der Waals surface area contributed by atoms with Crippen molar-refractivity contribution in [1.82, 2.24) is 15.1 Å². The van der Waals surface area contributed by atoms with E-state index in [-0.39, 0.29) is 6.42 Å². The molecule has 1 aromatic carbocycles. The van der Waals surface area contributed by atoms with E-state index in [1.807, 2.05) is 0 Å². The van der Waals surface area contributed by atoms with Gasteiger partial charge >= 0.3 is 5.97 Å². The highest BCUT2D eigenvalue weighted by molar-refractivity contribution is 6.30. The fraction of sp³-hybridized carbons (Fsp3) is 0.312. The van der Waals surface area contributed by atoms with Gasteiger partial charge in [0.1, 0.15) is 6.67 Å². The third-order valence-corrected chi connectivity index (χ3v) is 3.89. The van der Waals surface area contributed by atoms with E-state index in [1.54, 1.807) is 42.8 Å². The Balaban J connectivity index is 2.21. The first kappa shape index (κ1) is 17.9. The molecule has 128 valence electrons. The quantitative estimate of drug-likeness (QED) is 0.834. The van der Waals surface area contributed by atoms with Gasteiger partial charge in [-0.1, -0.05) is 11.6 Å². The normalized spacial score (nSPS) is 12.0. The summed E-state index contributed by atoms with van der Waals surface area (Å²) in [6.45, 7) is 2.40. The minimum absolute atomic E-state index is 0.0744. The fourth-order valence-corrected chi connectivity index (χ4v) is 2.46. The second-order valence-electron chi connectivity index (χ2n) is 5.33. The van der Waals surface area contributed by atoms with Crippen LogP contribution in [-0.2, 0) is 16.0 Å². The minimum atomic E-state index is -1.54. The lowest BCUT2D eigenvalue weighted by molar-refractivity contribution is -0.142. The number of rotatable bonds is 6. The zero-order valence-corrected chi connectivity index (χ0v) is 14.0. The van der Waals surface area contributed by atoms with Crippen LogP contribution in [-0.4, -0.2) is 39.5 Å². The van der Waals surface area contributed by atoms with Gasteiger partial charge in [0, 0.05) is 16.3 Å². The Hall–Kier alpha value is -2.41. The minimum Gasteiger partial charge on any atom is -0.480 e. The van der Waals surface area contributed by atoms with Crippen LogP contribution in [0.5, 0.6) is 0 Å². The number of aryl methyl sites for hydroxylation is 1. The summed E-state index contributed by atoms with van der Waals surface area (Å²) >= 11 is 5.87. The van der Waals surface area contributed by atoms with E-state index in [9.17, 15) is 14.0 Å². The predicted octanol–water partition coefficient (Wildman–Crippen LogP) is 2.22. The summed E-state index contributed by atoms with van der Waals surface area (Å²) in [4.78, 5) is 22.8. The molecule has 24 heavy (non-hydrogen) atoms. The van der Waals surface area contributed by atoms with E-state index in [0.717, 1.165) is 11.4 Å². The summed E-state index contributed by atoms with van der Waals surface area (Å²) in [7, 11) is 0. The highest BCUT2D eigenvalue weighted by Gasteiger charge is 2.22. The highest BCUT2D eigenvalue weighted by Crippen LogP contribution is 2.20. The van der Waals surface area contributed by atoms with Crippen LogP contribution in [0.25, 0.3) is 5.69 Å². The second kappa shape index (κ2) is 7.44. The van der Waals surface area contributed by atoms with Gasteiger partial charge in [-0.25, -0.2) is 13.9 Å². The smallest absolute Gasteiger partial charge is 0.328 e. The van der Waals surface area contributed by atoms with Crippen molar-refractivity contribution in [2.24, 2.45) is 0 Å². The molecule has 1 heterocycles. The first-order valence-electron chi connectivity index (χ1n) is 7.22. The summed E-state index contributed by atoms with van der Waals surface area (Å²) in [5, 5.41) is 16.0. The van der Waals surface area contributed by atoms with Crippen LogP contribution in [0, 0.1) is 13.8 Å². The molecule has 0 spiro atoms. The molecule has 1 amide bonds. The molecule has 6 nitrogen and oxygen atoms in total. The van der Waals surface area contributed by atoms with Crippen LogP contribution in [0.15, 0.2) is 24.3 Å². The molecule has 2 N–H and O–H groups in total. The molecule has 0 aliphatic carbocycles. The van der Waals surface area contributed by atoms with Gasteiger partial charge in [-0.3, -0.25) is 4.79 Å². The van der Waals surface area contributed by atoms with Crippen molar-refractivity contribution in [3.8, 4) is 5.69 Å². The van der Waals surface area contributed by atoms with Crippen molar-refractivity contribution >= 4 is 23.5 Å². The molecule has 1 aromatic heterocycles. The zero-order chi connectivity index (χ0) is 17.9. The molecule has 1 atom stereocenters. The van der Waals surface area contributed by atoms with Crippen LogP contribution >= 0.6 is 11.6 Å². The molecule has 0 aliphatic rings. The Morgan fingerprint density at radius 1 is 1.33 bits per heavy atom. The maximum absolute atomic E-state index is 12.6. The topological polar surface area (TPSA) is 84.2 Å². The van der Waals surface area contributed by atoms with Crippen molar-refractivity contribution in [3.63, 3.8) is 0 Å². The molecule has 2 rings (SSSR count). The number of carboxylic acids is 1. The van der Waals surface area contributed by atoms with Crippen molar-refractivity contribution in [2.75, 3.05) is 6.67 Å². The molecule has 1 unspecified atom stereocenters. The Morgan fingerprint density at radius 2 is 1.96 bits per heavy atom. The highest BCUT2D eigenvalue weighted by atomic mass is 35.5. The van der Waals surface area contributed by atoms with Crippen molar-refractivity contribution < 1.29 is 19.1 Å². The Morgan fingerprint density at radius 3 is 2.50 bits per heavy atom. The molecular formula is C16H17ClFN3O3. The van der Waals surface area contributed by atoms with E-state index in [1.165, 1.54) is 0 Å². The molecule has 0 fully saturated rings. The number of aliphatic carboxylic acids is 1. The number of benzene rings is 1. The molecular weight excluding hydrogens is 337 g/mol. The van der Waals surface area contributed by atoms with Crippen LogP contribution in [0.3, 0.4) is 0 Å². The summed E-state index contributed by atoms with van der Waals surface area (Å²) in [5.74, 6) is -1.97. The lowest BCUT2D eigenvalue weighted by Gasteiger charge is -2.11. The first-order chi connectivity index (χ1) is 11.3. The summed E-state index contributed by atoms with van der Waals surface area (Å²) in [5.41, 5.74) is 2.85. The first-order valence-corrected chi connectivity index (χ1v) is 7.60. The van der Waals surface area contributed by atoms with E-state index >= 15 is 0 Å². The number of nitrogens with zero attached hydrogens (tertiary/aromatic N) is 2. The average molecular weight is 354 g/mol. The lowest BCUT2D eigenvalue weighted by Crippen LogP contribution is -2.43. The molecule has 0 aliphatic heterocycles. The number of carboxylic acid groups (broad SMARTS) is 1. The van der Waals surface area contributed by atoms with E-state index in [0.29, 0.717) is 16.3 Å². The SMILES string of the molecule is Cc1nn(-c2ccc(Cl)cc2)c(C)c1CC(=O)NC(CF)C(=O)O. The predicted molar refractivity (Wildman–Crippen MR) is 87.3 cm³/mol. The molecule has 8 heteroatoms. The number of hydrogen-bond acceptors (Lipinski definition) is 3. The molecule has 0 saturated carbocycles. The molecule has 2 aromatic rings. The number of halogens is 2. The monoisotopic (exact) mass is 353 g/mol. The molecule has 0 bridgehead atoms. The van der Waals surface area contributed by atoms with Crippen LogP contribution in [0.1, 0.15) is 17.0 Å². The largest absolute Gasteiger partial charge is 0.480 e. The molecule has 0 saturated heterocycles. The molecule has 0 radical (unpaired) electrons. The van der Waals surface area contributed by atoms with Gasteiger partial charge in [-0.2, -0.15) is 5.10 Å². The second-order valence-corrected chi connectivity index (χ2v) is 5.76. The zero-order valence-electron chi connectivity index (χ0n) is 13.2. The van der Waals surface area contributed by atoms with Gasteiger partial charge in [0.05, 0.1) is 17.8 Å². The van der Waals surface area contributed by atoms with Gasteiger partial charge in [0.2, 0.25) is 5.91 Å². The standard InChI is InChI=1S/C16H17ClFN3O3/c1-9-13(7-15(22)19-14(8-18)16(23)24)10(2)21(20-9)12-5-3-11(17)4-6-12/h3-6,14H,7-8H2,1-2H3,(H,19,22)(H,23,24). The van der Waals surface area contributed by atoms with E-state index < -0.39 is 24.6 Å². The summed E-state index contributed by atoms with van der Waals surface area (Å²) in [6, 6.07) is 5.53. The van der Waals surface area contributed by atoms with Crippen molar-refractivity contribution in [2.45, 2.75) is 26.3 Å². The van der Waals surface area contributed by atoms with Crippen molar-refractivity contribution in [1.29, 1.82) is 0 Å². The number of amides is 1. The van der Waals surface area contributed by atoms with Gasteiger partial charge in [0.25, 0.3) is 0 Å². The van der Waals surface area contributed by atoms with Crippen molar-refractivity contribution in [3.05, 3.63) is 46.2 Å². The number of carbonyl (C=O) groups excluding carboxylic acids is 1. The van der Waals surface area contributed by atoms with Crippen LogP contribution in [0.4, 0.5) is 4.39 Å². The van der Waals surface area contributed by atoms with Gasteiger partial charge in [0.15, 0.2) is 6.04 Å². The maximum atomic E-state index is 12.6. The van der Waals surface area contributed by atoms with E-state index in [4.69, 9.17) is 16.7 Å². The van der Waals surface area contributed by atoms with E-state index in [2.05, 4.69) is 10.4 Å². The van der Waals surface area contributed by atoms with Gasteiger partial charge in [-0.05, 0) is 38.1 Å². The number of nitrogens with one attached hydrogen (secondary N) is 1. The third kappa shape index (κ3) is 3.91. The summed E-state index contributed by atoms with van der Waals surface area (Å²) in [6.07, 6.45) is -0.0744. The maximum Gasteiger partial charge on any atom is 0.328 e. The van der Waals surface area contributed by atoms with Gasteiger partial charge in [-0.15, -0.1) is 0 Å². The fourth-order valence-electron chi connectivity index (χ4n) is 2.34. The summed E-state index contributed by atoms with van der Waals surface area (Å²) < 4.78 is 14.3.